The van der Waals surface area contributed by atoms with E-state index in [1.165, 1.54) is 0 Å². The highest BCUT2D eigenvalue weighted by atomic mass is 16.5. The molecule has 0 spiro atoms. The van der Waals surface area contributed by atoms with Crippen molar-refractivity contribution < 1.29 is 28.9 Å². The summed E-state index contributed by atoms with van der Waals surface area (Å²) in [5.74, 6) is -0.266. The zero-order valence-corrected chi connectivity index (χ0v) is 16.5. The minimum atomic E-state index is -0.777. The Balaban J connectivity index is 1.47. The number of hydrogen-bond donors (Lipinski definition) is 1. The first kappa shape index (κ1) is 20.6. The van der Waals surface area contributed by atoms with Crippen molar-refractivity contribution in [2.24, 2.45) is 11.8 Å². The maximum atomic E-state index is 12.7. The molecule has 0 aliphatic carbocycles. The van der Waals surface area contributed by atoms with Crippen LogP contribution >= 0.6 is 0 Å². The van der Waals surface area contributed by atoms with E-state index < -0.39 is 18.0 Å². The van der Waals surface area contributed by atoms with Gasteiger partial charge >= 0.3 is 5.97 Å². The van der Waals surface area contributed by atoms with Gasteiger partial charge in [0.15, 0.2) is 0 Å². The number of benzene rings is 1. The predicted molar refractivity (Wildman–Crippen MR) is 102 cm³/mol. The van der Waals surface area contributed by atoms with Gasteiger partial charge in [-0.1, -0.05) is 12.1 Å². The van der Waals surface area contributed by atoms with E-state index in [4.69, 9.17) is 14.2 Å². The average Bonchev–Trinajstić information content (AvgIpc) is 3.22. The van der Waals surface area contributed by atoms with Gasteiger partial charge in [0, 0.05) is 19.7 Å². The van der Waals surface area contributed by atoms with Crippen LogP contribution in [0.4, 0.5) is 0 Å². The molecule has 2 heterocycles. The number of amides is 1. The van der Waals surface area contributed by atoms with Gasteiger partial charge in [-0.3, -0.25) is 9.59 Å². The second-order valence-electron chi connectivity index (χ2n) is 7.54. The Morgan fingerprint density at radius 2 is 2.04 bits per heavy atom. The molecule has 2 aliphatic rings. The predicted octanol–water partition coefficient (Wildman–Crippen LogP) is 2.33. The maximum Gasteiger partial charge on any atom is 0.309 e. The van der Waals surface area contributed by atoms with Gasteiger partial charge < -0.3 is 24.2 Å². The van der Waals surface area contributed by atoms with E-state index in [1.54, 1.807) is 14.0 Å². The fourth-order valence-corrected chi connectivity index (χ4v) is 4.10. The van der Waals surface area contributed by atoms with Crippen molar-refractivity contribution in [1.82, 2.24) is 4.90 Å². The Morgan fingerprint density at radius 1 is 1.29 bits per heavy atom. The molecule has 2 aliphatic heterocycles. The van der Waals surface area contributed by atoms with Gasteiger partial charge in [0.2, 0.25) is 0 Å². The average molecular weight is 391 g/mol. The maximum absolute atomic E-state index is 12.7. The van der Waals surface area contributed by atoms with Crippen LogP contribution in [-0.4, -0.2) is 60.9 Å². The minimum Gasteiger partial charge on any atom is -0.497 e. The highest BCUT2D eigenvalue weighted by Crippen LogP contribution is 2.33. The van der Waals surface area contributed by atoms with E-state index in [2.05, 4.69) is 0 Å². The smallest absolute Gasteiger partial charge is 0.309 e. The van der Waals surface area contributed by atoms with Crippen LogP contribution in [0.25, 0.3) is 0 Å². The lowest BCUT2D eigenvalue weighted by Crippen LogP contribution is -2.46. The molecule has 3 rings (SSSR count). The standard InChI is InChI=1S/C21H29NO6/c1-14(28-13-15-4-3-5-17(12-15)26-2)20(23)22-9-6-16(7-10-22)19-18(21(24)25)8-11-27-19/h3-5,12,14,16,18-19H,6-11,13H2,1-2H3,(H,24,25)/t14?,18?,19-/m0/s1. The largest absolute Gasteiger partial charge is 0.497 e. The normalized spacial score (nSPS) is 24.1. The Labute approximate surface area is 165 Å². The van der Waals surface area contributed by atoms with Crippen molar-refractivity contribution in [3.05, 3.63) is 29.8 Å². The molecule has 2 unspecified atom stereocenters. The fraction of sp³-hybridized carbons (Fsp3) is 0.619. The summed E-state index contributed by atoms with van der Waals surface area (Å²) >= 11 is 0. The molecule has 7 nitrogen and oxygen atoms in total. The number of ether oxygens (including phenoxy) is 3. The molecule has 0 saturated carbocycles. The second-order valence-corrected chi connectivity index (χ2v) is 7.54. The lowest BCUT2D eigenvalue weighted by Gasteiger charge is -2.36. The molecule has 0 radical (unpaired) electrons. The van der Waals surface area contributed by atoms with E-state index in [0.717, 1.165) is 24.2 Å². The lowest BCUT2D eigenvalue weighted by molar-refractivity contribution is -0.148. The molecule has 1 aromatic carbocycles. The number of carbonyl (C=O) groups excluding carboxylic acids is 1. The number of rotatable bonds is 7. The first-order chi connectivity index (χ1) is 13.5. The molecular formula is C21H29NO6. The summed E-state index contributed by atoms with van der Waals surface area (Å²) in [4.78, 5) is 25.9. The number of nitrogens with zero attached hydrogens (tertiary/aromatic N) is 1. The highest BCUT2D eigenvalue weighted by molar-refractivity contribution is 5.80. The van der Waals surface area contributed by atoms with Gasteiger partial charge in [-0.25, -0.2) is 0 Å². The van der Waals surface area contributed by atoms with Crippen LogP contribution in [0.15, 0.2) is 24.3 Å². The number of carbonyl (C=O) groups is 2. The third kappa shape index (κ3) is 4.83. The quantitative estimate of drug-likeness (QED) is 0.768. The number of likely N-dealkylation sites (tertiary alicyclic amines) is 1. The molecule has 1 aromatic rings. The number of hydrogen-bond acceptors (Lipinski definition) is 5. The number of carboxylic acids is 1. The summed E-state index contributed by atoms with van der Waals surface area (Å²) in [6.07, 6.45) is 1.36. The van der Waals surface area contributed by atoms with E-state index in [-0.39, 0.29) is 17.9 Å². The van der Waals surface area contributed by atoms with Crippen LogP contribution in [0.2, 0.25) is 0 Å². The topological polar surface area (TPSA) is 85.3 Å². The van der Waals surface area contributed by atoms with Crippen LogP contribution in [-0.2, 0) is 25.7 Å². The third-order valence-corrected chi connectivity index (χ3v) is 5.75. The molecule has 1 N–H and O–H groups in total. The van der Waals surface area contributed by atoms with Gasteiger partial charge in [0.05, 0.1) is 25.7 Å². The van der Waals surface area contributed by atoms with E-state index >= 15 is 0 Å². The lowest BCUT2D eigenvalue weighted by atomic mass is 9.84. The molecule has 3 atom stereocenters. The van der Waals surface area contributed by atoms with E-state index in [1.807, 2.05) is 29.2 Å². The SMILES string of the molecule is COc1cccc(COC(C)C(=O)N2CCC([C@@H]3OCCC3C(=O)O)CC2)c1. The van der Waals surface area contributed by atoms with Gasteiger partial charge in [-0.2, -0.15) is 0 Å². The molecule has 28 heavy (non-hydrogen) atoms. The molecule has 2 saturated heterocycles. The van der Waals surface area contributed by atoms with Crippen molar-refractivity contribution in [3.63, 3.8) is 0 Å². The first-order valence-electron chi connectivity index (χ1n) is 9.87. The molecule has 0 bridgehead atoms. The van der Waals surface area contributed by atoms with Gasteiger partial charge in [-0.15, -0.1) is 0 Å². The van der Waals surface area contributed by atoms with Crippen LogP contribution < -0.4 is 4.74 Å². The summed E-state index contributed by atoms with van der Waals surface area (Å²) in [6.45, 7) is 3.85. The molecular weight excluding hydrogens is 362 g/mol. The van der Waals surface area contributed by atoms with Crippen LogP contribution in [0.5, 0.6) is 5.75 Å². The minimum absolute atomic E-state index is 0.0246. The van der Waals surface area contributed by atoms with Crippen LogP contribution in [0, 0.1) is 11.8 Å². The highest BCUT2D eigenvalue weighted by Gasteiger charge is 2.41. The number of methoxy groups -OCH3 is 1. The third-order valence-electron chi connectivity index (χ3n) is 5.75. The molecule has 154 valence electrons. The molecule has 0 aromatic heterocycles. The Hall–Kier alpha value is -2.12. The molecule has 1 amide bonds. The Kier molecular flexibility index (Phi) is 6.91. The molecule has 7 heteroatoms. The molecule has 2 fully saturated rings. The van der Waals surface area contributed by atoms with Gasteiger partial charge in [-0.05, 0) is 49.8 Å². The van der Waals surface area contributed by atoms with Crippen molar-refractivity contribution >= 4 is 11.9 Å². The number of carboxylic acid groups (broad SMARTS) is 1. The first-order valence-corrected chi connectivity index (χ1v) is 9.87. The van der Waals surface area contributed by atoms with Gasteiger partial charge in [0.1, 0.15) is 11.9 Å². The summed E-state index contributed by atoms with van der Waals surface area (Å²) in [6, 6.07) is 7.59. The van der Waals surface area contributed by atoms with Crippen LogP contribution in [0.3, 0.4) is 0 Å². The summed E-state index contributed by atoms with van der Waals surface area (Å²) in [7, 11) is 1.62. The van der Waals surface area contributed by atoms with Crippen LogP contribution in [0.1, 0.15) is 31.7 Å². The Morgan fingerprint density at radius 3 is 2.71 bits per heavy atom. The zero-order chi connectivity index (χ0) is 20.1. The number of aliphatic carboxylic acids is 1. The zero-order valence-electron chi connectivity index (χ0n) is 16.5. The summed E-state index contributed by atoms with van der Waals surface area (Å²) in [5, 5.41) is 9.34. The van der Waals surface area contributed by atoms with E-state index in [0.29, 0.717) is 32.7 Å². The summed E-state index contributed by atoms with van der Waals surface area (Å²) < 4.78 is 16.7. The van der Waals surface area contributed by atoms with E-state index in [9.17, 15) is 14.7 Å². The fourth-order valence-electron chi connectivity index (χ4n) is 4.10. The van der Waals surface area contributed by atoms with Crippen molar-refractivity contribution in [2.75, 3.05) is 26.8 Å². The second kappa shape index (κ2) is 9.39. The van der Waals surface area contributed by atoms with Crippen molar-refractivity contribution in [2.45, 2.75) is 45.0 Å². The Bertz CT molecular complexity index is 685. The summed E-state index contributed by atoms with van der Waals surface area (Å²) in [5.41, 5.74) is 0.954. The monoisotopic (exact) mass is 391 g/mol. The number of piperidine rings is 1. The van der Waals surface area contributed by atoms with Crippen molar-refractivity contribution in [1.29, 1.82) is 0 Å². The van der Waals surface area contributed by atoms with Gasteiger partial charge in [0.25, 0.3) is 5.91 Å². The van der Waals surface area contributed by atoms with Crippen molar-refractivity contribution in [3.8, 4) is 5.75 Å².